The van der Waals surface area contributed by atoms with Crippen molar-refractivity contribution in [2.24, 2.45) is 0 Å². The smallest absolute Gasteiger partial charge is 0.321 e. The van der Waals surface area contributed by atoms with Crippen molar-refractivity contribution in [1.82, 2.24) is 10.6 Å². The number of fused-ring (bicyclic) bond motifs is 3. The SMILES string of the molecule is COc1cc2c(cc1NCC(=O)NC(=O)NC(C)(C)C)oc1ccccc12. The molecule has 7 nitrogen and oxygen atoms in total. The summed E-state index contributed by atoms with van der Waals surface area (Å²) < 4.78 is 11.3. The highest BCUT2D eigenvalue weighted by molar-refractivity contribution is 6.06. The number of amides is 3. The molecule has 3 amide bonds. The topological polar surface area (TPSA) is 92.6 Å². The Morgan fingerprint density at radius 3 is 2.52 bits per heavy atom. The van der Waals surface area contributed by atoms with Crippen LogP contribution in [-0.4, -0.2) is 31.1 Å². The third-order valence-electron chi connectivity index (χ3n) is 3.88. The molecule has 2 aromatic carbocycles. The predicted octanol–water partition coefficient (Wildman–Crippen LogP) is 3.63. The third kappa shape index (κ3) is 4.31. The summed E-state index contributed by atoms with van der Waals surface area (Å²) in [5, 5.41) is 9.88. The first kappa shape index (κ1) is 18.6. The van der Waals surface area contributed by atoms with Crippen LogP contribution in [0, 0.1) is 0 Å². The second-order valence-electron chi connectivity index (χ2n) is 7.25. The molecule has 27 heavy (non-hydrogen) atoms. The van der Waals surface area contributed by atoms with Crippen LogP contribution in [0.4, 0.5) is 10.5 Å². The largest absolute Gasteiger partial charge is 0.495 e. The molecule has 1 heterocycles. The van der Waals surface area contributed by atoms with Gasteiger partial charge >= 0.3 is 6.03 Å². The van der Waals surface area contributed by atoms with E-state index in [1.807, 2.05) is 51.1 Å². The van der Waals surface area contributed by atoms with Crippen LogP contribution in [0.5, 0.6) is 5.75 Å². The van der Waals surface area contributed by atoms with Gasteiger partial charge in [0.1, 0.15) is 16.9 Å². The molecule has 7 heteroatoms. The molecule has 0 aliphatic heterocycles. The Hall–Kier alpha value is -3.22. The van der Waals surface area contributed by atoms with E-state index >= 15 is 0 Å². The normalized spacial score (nSPS) is 11.4. The number of rotatable bonds is 4. The molecule has 142 valence electrons. The highest BCUT2D eigenvalue weighted by Gasteiger charge is 2.16. The summed E-state index contributed by atoms with van der Waals surface area (Å²) in [4.78, 5) is 23.8. The lowest BCUT2D eigenvalue weighted by Gasteiger charge is -2.20. The molecule has 0 aliphatic rings. The molecular weight excluding hydrogens is 346 g/mol. The van der Waals surface area contributed by atoms with Crippen molar-refractivity contribution in [3.63, 3.8) is 0 Å². The maximum absolute atomic E-state index is 12.0. The fourth-order valence-corrected chi connectivity index (χ4v) is 2.78. The molecule has 3 rings (SSSR count). The Morgan fingerprint density at radius 2 is 1.81 bits per heavy atom. The Labute approximate surface area is 157 Å². The summed E-state index contributed by atoms with van der Waals surface area (Å²) in [6.45, 7) is 5.42. The number of carbonyl (C=O) groups is 2. The summed E-state index contributed by atoms with van der Waals surface area (Å²) in [7, 11) is 1.56. The van der Waals surface area contributed by atoms with Gasteiger partial charge in [-0.1, -0.05) is 18.2 Å². The lowest BCUT2D eigenvalue weighted by Crippen LogP contribution is -2.49. The minimum atomic E-state index is -0.533. The van der Waals surface area contributed by atoms with Crippen molar-refractivity contribution in [3.05, 3.63) is 36.4 Å². The van der Waals surface area contributed by atoms with Crippen LogP contribution in [0.25, 0.3) is 21.9 Å². The molecule has 0 saturated carbocycles. The van der Waals surface area contributed by atoms with Crippen molar-refractivity contribution in [1.29, 1.82) is 0 Å². The van der Waals surface area contributed by atoms with E-state index in [1.54, 1.807) is 13.2 Å². The maximum Gasteiger partial charge on any atom is 0.321 e. The van der Waals surface area contributed by atoms with Crippen molar-refractivity contribution >= 4 is 39.6 Å². The van der Waals surface area contributed by atoms with Crippen molar-refractivity contribution in [2.75, 3.05) is 19.0 Å². The Kier molecular flexibility index (Phi) is 4.94. The number of methoxy groups -OCH3 is 1. The highest BCUT2D eigenvalue weighted by Crippen LogP contribution is 2.36. The summed E-state index contributed by atoms with van der Waals surface area (Å²) in [6.07, 6.45) is 0. The van der Waals surface area contributed by atoms with Crippen LogP contribution in [0.1, 0.15) is 20.8 Å². The quantitative estimate of drug-likeness (QED) is 0.653. The number of imide groups is 1. The number of anilines is 1. The second-order valence-corrected chi connectivity index (χ2v) is 7.25. The van der Waals surface area contributed by atoms with E-state index in [4.69, 9.17) is 9.15 Å². The van der Waals surface area contributed by atoms with Gasteiger partial charge in [-0.05, 0) is 32.9 Å². The first-order valence-electron chi connectivity index (χ1n) is 8.62. The van der Waals surface area contributed by atoms with E-state index in [-0.39, 0.29) is 6.54 Å². The van der Waals surface area contributed by atoms with E-state index in [1.165, 1.54) is 0 Å². The molecule has 0 spiro atoms. The van der Waals surface area contributed by atoms with Crippen LogP contribution >= 0.6 is 0 Å². The average Bonchev–Trinajstić information content (AvgIpc) is 2.94. The third-order valence-corrected chi connectivity index (χ3v) is 3.88. The molecular formula is C20H23N3O4. The van der Waals surface area contributed by atoms with Gasteiger partial charge in [-0.3, -0.25) is 10.1 Å². The number of para-hydroxylation sites is 1. The van der Waals surface area contributed by atoms with Gasteiger partial charge in [0.15, 0.2) is 0 Å². The van der Waals surface area contributed by atoms with Crippen LogP contribution in [0.2, 0.25) is 0 Å². The van der Waals surface area contributed by atoms with Crippen LogP contribution < -0.4 is 20.7 Å². The lowest BCUT2D eigenvalue weighted by molar-refractivity contribution is -0.118. The Morgan fingerprint density at radius 1 is 1.07 bits per heavy atom. The second kappa shape index (κ2) is 7.19. The van der Waals surface area contributed by atoms with Crippen LogP contribution in [-0.2, 0) is 4.79 Å². The van der Waals surface area contributed by atoms with Gasteiger partial charge in [0.25, 0.3) is 0 Å². The number of hydrogen-bond acceptors (Lipinski definition) is 5. The number of carbonyl (C=O) groups excluding carboxylic acids is 2. The standard InChI is InChI=1S/C20H23N3O4/c1-20(2,3)23-19(25)22-18(24)11-21-14-10-16-13(9-17(14)26-4)12-7-5-6-8-15(12)27-16/h5-10,21H,11H2,1-4H3,(H2,22,23,24,25). The minimum absolute atomic E-state index is 0.0837. The minimum Gasteiger partial charge on any atom is -0.495 e. The first-order valence-corrected chi connectivity index (χ1v) is 8.62. The van der Waals surface area contributed by atoms with E-state index in [0.29, 0.717) is 17.0 Å². The summed E-state index contributed by atoms with van der Waals surface area (Å²) >= 11 is 0. The molecule has 0 radical (unpaired) electrons. The van der Waals surface area contributed by atoms with Gasteiger partial charge in [0.05, 0.1) is 19.3 Å². The molecule has 3 N–H and O–H groups in total. The highest BCUT2D eigenvalue weighted by atomic mass is 16.5. The Bertz CT molecular complexity index is 1000. The molecule has 0 aliphatic carbocycles. The van der Waals surface area contributed by atoms with Crippen LogP contribution in [0.3, 0.4) is 0 Å². The molecule has 3 aromatic rings. The fourth-order valence-electron chi connectivity index (χ4n) is 2.78. The van der Waals surface area contributed by atoms with Crippen LogP contribution in [0.15, 0.2) is 40.8 Å². The van der Waals surface area contributed by atoms with E-state index < -0.39 is 17.5 Å². The van der Waals surface area contributed by atoms with Crippen molar-refractivity contribution in [2.45, 2.75) is 26.3 Å². The molecule has 0 unspecified atom stereocenters. The maximum atomic E-state index is 12.0. The van der Waals surface area contributed by atoms with E-state index in [0.717, 1.165) is 16.4 Å². The predicted molar refractivity (Wildman–Crippen MR) is 105 cm³/mol. The monoisotopic (exact) mass is 369 g/mol. The Balaban J connectivity index is 1.75. The first-order chi connectivity index (χ1) is 12.8. The van der Waals surface area contributed by atoms with Gasteiger partial charge in [0, 0.05) is 22.4 Å². The van der Waals surface area contributed by atoms with E-state index in [2.05, 4.69) is 16.0 Å². The number of furan rings is 1. The van der Waals surface area contributed by atoms with E-state index in [9.17, 15) is 9.59 Å². The number of ether oxygens (including phenoxy) is 1. The van der Waals surface area contributed by atoms with Gasteiger partial charge in [-0.2, -0.15) is 0 Å². The average molecular weight is 369 g/mol. The summed E-state index contributed by atoms with van der Waals surface area (Å²) in [5.41, 5.74) is 1.65. The zero-order valence-corrected chi connectivity index (χ0v) is 15.8. The number of benzene rings is 2. The van der Waals surface area contributed by atoms with Gasteiger partial charge in [-0.15, -0.1) is 0 Å². The molecule has 0 bridgehead atoms. The van der Waals surface area contributed by atoms with Crippen molar-refractivity contribution in [3.8, 4) is 5.75 Å². The van der Waals surface area contributed by atoms with Gasteiger partial charge in [0.2, 0.25) is 5.91 Å². The number of hydrogen-bond donors (Lipinski definition) is 3. The lowest BCUT2D eigenvalue weighted by atomic mass is 10.1. The van der Waals surface area contributed by atoms with Gasteiger partial charge < -0.3 is 19.8 Å². The summed E-state index contributed by atoms with van der Waals surface area (Å²) in [5.74, 6) is 0.129. The molecule has 0 atom stereocenters. The molecule has 1 aromatic heterocycles. The zero-order chi connectivity index (χ0) is 19.6. The molecule has 0 fully saturated rings. The fraction of sp³-hybridized carbons (Fsp3) is 0.300. The number of nitrogens with one attached hydrogen (secondary N) is 3. The van der Waals surface area contributed by atoms with Gasteiger partial charge in [-0.25, -0.2) is 4.79 Å². The number of urea groups is 1. The zero-order valence-electron chi connectivity index (χ0n) is 15.8. The van der Waals surface area contributed by atoms with Crippen molar-refractivity contribution < 1.29 is 18.7 Å². The molecule has 0 saturated heterocycles. The summed E-state index contributed by atoms with van der Waals surface area (Å²) in [6, 6.07) is 10.9.